The number of benzene rings is 3. The van der Waals surface area contributed by atoms with E-state index in [2.05, 4.69) is 10.6 Å². The van der Waals surface area contributed by atoms with Crippen molar-refractivity contribution in [3.8, 4) is 5.75 Å². The third kappa shape index (κ3) is 6.23. The zero-order valence-electron chi connectivity index (χ0n) is 22.4. The Kier molecular flexibility index (Phi) is 8.56. The second-order valence-electron chi connectivity index (χ2n) is 9.32. The third-order valence-electron chi connectivity index (χ3n) is 6.55. The zero-order chi connectivity index (χ0) is 28.1. The zero-order valence-corrected chi connectivity index (χ0v) is 23.1. The van der Waals surface area contributed by atoms with Crippen LogP contribution in [0.25, 0.3) is 10.9 Å². The number of amides is 2. The van der Waals surface area contributed by atoms with Crippen molar-refractivity contribution < 1.29 is 19.1 Å². The highest BCUT2D eigenvalue weighted by Crippen LogP contribution is 2.31. The van der Waals surface area contributed by atoms with Gasteiger partial charge in [-0.05, 0) is 79.2 Å². The maximum absolute atomic E-state index is 13.4. The molecule has 3 aromatic carbocycles. The first-order valence-corrected chi connectivity index (χ1v) is 12.9. The Morgan fingerprint density at radius 2 is 1.54 bits per heavy atom. The molecular weight excluding hydrogens is 516 g/mol. The lowest BCUT2D eigenvalue weighted by Gasteiger charge is -2.12. The molecule has 2 amide bonds. The third-order valence-corrected chi connectivity index (χ3v) is 6.80. The Bertz CT molecular complexity index is 1510. The van der Waals surface area contributed by atoms with Crippen molar-refractivity contribution in [2.45, 2.75) is 13.3 Å². The molecule has 4 aromatic rings. The molecule has 0 spiro atoms. The Hall–Kier alpha value is -4.30. The highest BCUT2D eigenvalue weighted by Gasteiger charge is 2.22. The van der Waals surface area contributed by atoms with Crippen LogP contribution in [0.4, 0.5) is 5.69 Å². The number of rotatable bonds is 9. The minimum atomic E-state index is -0.219. The van der Waals surface area contributed by atoms with E-state index in [0.29, 0.717) is 33.1 Å². The van der Waals surface area contributed by atoms with Crippen LogP contribution in [0.2, 0.25) is 5.02 Å². The maximum Gasteiger partial charge on any atom is 0.262 e. The molecule has 8 nitrogen and oxygen atoms in total. The van der Waals surface area contributed by atoms with Gasteiger partial charge in [-0.1, -0.05) is 11.6 Å². The number of carbonyl (C=O) groups is 3. The summed E-state index contributed by atoms with van der Waals surface area (Å²) in [5.74, 6) is -0.0151. The van der Waals surface area contributed by atoms with Crippen molar-refractivity contribution in [1.29, 1.82) is 0 Å². The van der Waals surface area contributed by atoms with Crippen molar-refractivity contribution in [3.05, 3.63) is 94.1 Å². The van der Waals surface area contributed by atoms with Crippen LogP contribution in [0.15, 0.2) is 66.7 Å². The molecule has 0 aliphatic carbocycles. The summed E-state index contributed by atoms with van der Waals surface area (Å²) in [6.45, 7) is 2.37. The lowest BCUT2D eigenvalue weighted by atomic mass is 10.1. The average molecular weight is 547 g/mol. The van der Waals surface area contributed by atoms with Gasteiger partial charge in [-0.25, -0.2) is 0 Å². The summed E-state index contributed by atoms with van der Waals surface area (Å²) >= 11 is 6.00. The van der Waals surface area contributed by atoms with Crippen LogP contribution in [0.5, 0.6) is 5.75 Å². The van der Waals surface area contributed by atoms with Crippen LogP contribution in [0, 0.1) is 6.92 Å². The van der Waals surface area contributed by atoms with E-state index in [4.69, 9.17) is 16.3 Å². The van der Waals surface area contributed by atoms with E-state index in [0.717, 1.165) is 16.6 Å². The predicted molar refractivity (Wildman–Crippen MR) is 154 cm³/mol. The predicted octanol–water partition coefficient (Wildman–Crippen LogP) is 4.45. The molecule has 0 unspecified atom stereocenters. The van der Waals surface area contributed by atoms with Crippen LogP contribution in [-0.4, -0.2) is 56.6 Å². The van der Waals surface area contributed by atoms with Crippen LogP contribution >= 0.6 is 11.6 Å². The molecule has 0 radical (unpaired) electrons. The Morgan fingerprint density at radius 3 is 2.18 bits per heavy atom. The number of methoxy groups -OCH3 is 1. The molecule has 4 rings (SSSR count). The van der Waals surface area contributed by atoms with Crippen LogP contribution in [-0.2, 0) is 11.2 Å². The molecule has 1 aromatic heterocycles. The molecule has 2 N–H and O–H groups in total. The van der Waals surface area contributed by atoms with Crippen molar-refractivity contribution in [3.63, 3.8) is 0 Å². The first-order chi connectivity index (χ1) is 18.7. The van der Waals surface area contributed by atoms with Crippen LogP contribution in [0.3, 0.4) is 0 Å². The molecule has 0 bridgehead atoms. The van der Waals surface area contributed by atoms with Crippen molar-refractivity contribution in [2.75, 3.05) is 39.2 Å². The average Bonchev–Trinajstić information content (AvgIpc) is 3.21. The molecule has 0 saturated carbocycles. The van der Waals surface area contributed by atoms with Crippen molar-refractivity contribution in [1.82, 2.24) is 15.2 Å². The van der Waals surface area contributed by atoms with Crippen molar-refractivity contribution >= 4 is 45.9 Å². The van der Waals surface area contributed by atoms with E-state index in [1.54, 1.807) is 54.1 Å². The molecular formula is C30H31ClN4O4. The summed E-state index contributed by atoms with van der Waals surface area (Å²) in [6, 6.07) is 19.4. The minimum Gasteiger partial charge on any atom is -0.497 e. The van der Waals surface area contributed by atoms with Crippen molar-refractivity contribution in [2.24, 2.45) is 0 Å². The van der Waals surface area contributed by atoms with Gasteiger partial charge in [0, 0.05) is 60.1 Å². The summed E-state index contributed by atoms with van der Waals surface area (Å²) < 4.78 is 7.01. The first-order valence-electron chi connectivity index (χ1n) is 12.5. The first kappa shape index (κ1) is 27.7. The molecule has 0 aliphatic rings. The highest BCUT2D eigenvalue weighted by molar-refractivity contribution is 6.30. The largest absolute Gasteiger partial charge is 0.497 e. The number of fused-ring (bicyclic) bond motifs is 1. The lowest BCUT2D eigenvalue weighted by molar-refractivity contribution is -0.120. The number of aromatic nitrogens is 1. The van der Waals surface area contributed by atoms with Crippen LogP contribution in [0.1, 0.15) is 32.0 Å². The number of carbonyl (C=O) groups excluding carboxylic acids is 3. The number of anilines is 1. The SMILES string of the molecule is COc1ccc2c(c1)c(CC(=O)NCCNC(=O)c1ccc(N(C)C)cc1)c(C)n2C(=O)c1ccc(Cl)cc1. The van der Waals surface area contributed by atoms with E-state index in [-0.39, 0.29) is 37.2 Å². The lowest BCUT2D eigenvalue weighted by Crippen LogP contribution is -2.35. The maximum atomic E-state index is 13.4. The standard InChI is InChI=1S/C30H31ClN4O4/c1-19-25(18-28(36)32-15-16-33-29(37)20-7-11-23(12-8-20)34(2)3)26-17-24(39-4)13-14-27(26)35(19)30(38)21-5-9-22(31)10-6-21/h5-14,17H,15-16,18H2,1-4H3,(H,32,36)(H,33,37). The number of nitrogens with zero attached hydrogens (tertiary/aromatic N) is 2. The number of halogens is 1. The van der Waals surface area contributed by atoms with Gasteiger partial charge >= 0.3 is 0 Å². The normalized spacial score (nSPS) is 10.8. The second kappa shape index (κ2) is 12.0. The van der Waals surface area contributed by atoms with Gasteiger partial charge in [0.25, 0.3) is 11.8 Å². The summed E-state index contributed by atoms with van der Waals surface area (Å²) in [5.41, 5.74) is 4.12. The van der Waals surface area contributed by atoms with Gasteiger partial charge in [-0.2, -0.15) is 0 Å². The van der Waals surface area contributed by atoms with Gasteiger partial charge in [0.2, 0.25) is 5.91 Å². The number of nitrogens with one attached hydrogen (secondary N) is 2. The summed E-state index contributed by atoms with van der Waals surface area (Å²) in [7, 11) is 5.44. The quantitative estimate of drug-likeness (QED) is 0.302. The highest BCUT2D eigenvalue weighted by atomic mass is 35.5. The topological polar surface area (TPSA) is 92.7 Å². The van der Waals surface area contributed by atoms with Gasteiger partial charge < -0.3 is 20.3 Å². The van der Waals surface area contributed by atoms with E-state index in [1.807, 2.05) is 50.2 Å². The fraction of sp³-hybridized carbons (Fsp3) is 0.233. The van der Waals surface area contributed by atoms with Crippen LogP contribution < -0.4 is 20.3 Å². The van der Waals surface area contributed by atoms with E-state index >= 15 is 0 Å². The van der Waals surface area contributed by atoms with Gasteiger partial charge in [-0.3, -0.25) is 19.0 Å². The number of hydrogen-bond acceptors (Lipinski definition) is 5. The monoisotopic (exact) mass is 546 g/mol. The molecule has 9 heteroatoms. The summed E-state index contributed by atoms with van der Waals surface area (Å²) in [4.78, 5) is 40.7. The van der Waals surface area contributed by atoms with Gasteiger partial charge in [-0.15, -0.1) is 0 Å². The molecule has 0 aliphatic heterocycles. The summed E-state index contributed by atoms with van der Waals surface area (Å²) in [6.07, 6.45) is 0.0658. The number of hydrogen-bond donors (Lipinski definition) is 2. The molecule has 0 saturated heterocycles. The van der Waals surface area contributed by atoms with E-state index in [1.165, 1.54) is 0 Å². The number of ether oxygens (including phenoxy) is 1. The van der Waals surface area contributed by atoms with Gasteiger partial charge in [0.1, 0.15) is 5.75 Å². The molecule has 1 heterocycles. The Labute approximate surface area is 232 Å². The molecule has 0 fully saturated rings. The fourth-order valence-corrected chi connectivity index (χ4v) is 4.54. The molecule has 39 heavy (non-hydrogen) atoms. The minimum absolute atomic E-state index is 0.0658. The smallest absolute Gasteiger partial charge is 0.262 e. The molecule has 202 valence electrons. The van der Waals surface area contributed by atoms with Gasteiger partial charge in [0.15, 0.2) is 0 Å². The van der Waals surface area contributed by atoms with Gasteiger partial charge in [0.05, 0.1) is 19.0 Å². The fourth-order valence-electron chi connectivity index (χ4n) is 4.41. The Morgan fingerprint density at radius 1 is 0.897 bits per heavy atom. The Balaban J connectivity index is 1.45. The van der Waals surface area contributed by atoms with E-state index < -0.39 is 0 Å². The second-order valence-corrected chi connectivity index (χ2v) is 9.75. The van der Waals surface area contributed by atoms with E-state index in [9.17, 15) is 14.4 Å². The summed E-state index contributed by atoms with van der Waals surface area (Å²) in [5, 5.41) is 6.99. The molecule has 0 atom stereocenters.